The summed E-state index contributed by atoms with van der Waals surface area (Å²) in [6, 6.07) is 10.5. The van der Waals surface area contributed by atoms with Crippen LogP contribution in [0.25, 0.3) is 0 Å². The molecule has 0 heterocycles. The van der Waals surface area contributed by atoms with Gasteiger partial charge in [-0.15, -0.1) is 0 Å². The third kappa shape index (κ3) is 6.80. The zero-order valence-electron chi connectivity index (χ0n) is 16.6. The molecule has 0 aromatic heterocycles. The molecule has 2 amide bonds. The summed E-state index contributed by atoms with van der Waals surface area (Å²) in [4.78, 5) is 23.9. The molecule has 8 heteroatoms. The molecule has 0 aliphatic heterocycles. The van der Waals surface area contributed by atoms with E-state index in [0.717, 1.165) is 12.0 Å². The second kappa shape index (κ2) is 11.1. The number of amides is 2. The Balaban J connectivity index is 2.03. The van der Waals surface area contributed by atoms with Gasteiger partial charge in [0.05, 0.1) is 24.5 Å². The summed E-state index contributed by atoms with van der Waals surface area (Å²) in [7, 11) is 0. The molecule has 0 fully saturated rings. The number of rotatable bonds is 8. The van der Waals surface area contributed by atoms with E-state index in [0.29, 0.717) is 41.0 Å². The van der Waals surface area contributed by atoms with Crippen molar-refractivity contribution >= 4 is 35.3 Å². The van der Waals surface area contributed by atoms with Crippen molar-refractivity contribution in [2.24, 2.45) is 5.10 Å². The maximum atomic E-state index is 11.9. The number of carbonyl (C=O) groups excluding carboxylic acids is 2. The van der Waals surface area contributed by atoms with Crippen LogP contribution in [0, 0.1) is 6.92 Å². The lowest BCUT2D eigenvalue weighted by atomic mass is 10.2. The first-order valence-electron chi connectivity index (χ1n) is 9.24. The number of hydrazone groups is 1. The fourth-order valence-corrected chi connectivity index (χ4v) is 2.67. The number of hydrogen-bond donors (Lipinski definition) is 2. The van der Waals surface area contributed by atoms with Gasteiger partial charge in [0.15, 0.2) is 11.5 Å². The summed E-state index contributed by atoms with van der Waals surface area (Å²) < 4.78 is 11.2. The number of ether oxygens (including phenoxy) is 2. The van der Waals surface area contributed by atoms with Gasteiger partial charge in [0, 0.05) is 5.69 Å². The summed E-state index contributed by atoms with van der Waals surface area (Å²) in [6.07, 6.45) is 2.21. The normalized spacial score (nSPS) is 10.6. The van der Waals surface area contributed by atoms with E-state index in [2.05, 4.69) is 15.8 Å². The third-order valence-corrected chi connectivity index (χ3v) is 3.92. The molecule has 2 rings (SSSR count). The van der Waals surface area contributed by atoms with Gasteiger partial charge in [0.1, 0.15) is 0 Å². The van der Waals surface area contributed by atoms with E-state index in [-0.39, 0.29) is 0 Å². The van der Waals surface area contributed by atoms with E-state index < -0.39 is 11.8 Å². The van der Waals surface area contributed by atoms with Crippen LogP contribution in [-0.2, 0) is 9.59 Å². The van der Waals surface area contributed by atoms with Crippen molar-refractivity contribution in [1.82, 2.24) is 5.43 Å². The van der Waals surface area contributed by atoms with Gasteiger partial charge >= 0.3 is 11.8 Å². The molecular formula is C21H24ClN3O4. The Labute approximate surface area is 175 Å². The molecule has 2 aromatic rings. The Kier molecular flexibility index (Phi) is 8.48. The fourth-order valence-electron chi connectivity index (χ4n) is 2.40. The number of benzene rings is 2. The second-order valence-corrected chi connectivity index (χ2v) is 6.54. The van der Waals surface area contributed by atoms with Crippen LogP contribution in [0.15, 0.2) is 41.5 Å². The van der Waals surface area contributed by atoms with Crippen molar-refractivity contribution in [2.45, 2.75) is 27.2 Å². The Morgan fingerprint density at radius 1 is 1.14 bits per heavy atom. The van der Waals surface area contributed by atoms with Crippen LogP contribution < -0.4 is 20.2 Å². The molecule has 2 aromatic carbocycles. The molecule has 0 aliphatic rings. The van der Waals surface area contributed by atoms with Gasteiger partial charge in [0.25, 0.3) is 0 Å². The molecule has 29 heavy (non-hydrogen) atoms. The van der Waals surface area contributed by atoms with E-state index in [4.69, 9.17) is 21.1 Å². The van der Waals surface area contributed by atoms with Crippen molar-refractivity contribution in [3.63, 3.8) is 0 Å². The van der Waals surface area contributed by atoms with E-state index in [1.165, 1.54) is 6.21 Å². The van der Waals surface area contributed by atoms with Gasteiger partial charge in [-0.3, -0.25) is 9.59 Å². The largest absolute Gasteiger partial charge is 0.490 e. The van der Waals surface area contributed by atoms with E-state index in [1.807, 2.05) is 26.8 Å². The lowest BCUT2D eigenvalue weighted by molar-refractivity contribution is -0.136. The van der Waals surface area contributed by atoms with Crippen LogP contribution in [0.5, 0.6) is 11.5 Å². The zero-order chi connectivity index (χ0) is 21.2. The molecule has 0 spiro atoms. The average molecular weight is 418 g/mol. The maximum Gasteiger partial charge on any atom is 0.329 e. The van der Waals surface area contributed by atoms with Gasteiger partial charge in [-0.1, -0.05) is 30.7 Å². The van der Waals surface area contributed by atoms with E-state index in [1.54, 1.807) is 30.3 Å². The molecule has 2 N–H and O–H groups in total. The molecular weight excluding hydrogens is 394 g/mol. The van der Waals surface area contributed by atoms with Crippen LogP contribution in [0.2, 0.25) is 5.02 Å². The lowest BCUT2D eigenvalue weighted by Crippen LogP contribution is -2.32. The molecule has 0 aliphatic carbocycles. The molecule has 0 radical (unpaired) electrons. The highest BCUT2D eigenvalue weighted by molar-refractivity contribution is 6.39. The minimum Gasteiger partial charge on any atom is -0.490 e. The average Bonchev–Trinajstić information content (AvgIpc) is 2.67. The Morgan fingerprint density at radius 3 is 2.62 bits per heavy atom. The quantitative estimate of drug-likeness (QED) is 0.387. The van der Waals surface area contributed by atoms with Crippen LogP contribution in [-0.4, -0.2) is 31.2 Å². The number of aryl methyl sites for hydroxylation is 1. The summed E-state index contributed by atoms with van der Waals surface area (Å²) in [6.45, 7) is 6.69. The van der Waals surface area contributed by atoms with Gasteiger partial charge in [-0.25, -0.2) is 5.43 Å². The Bertz CT molecular complexity index is 899. The predicted molar refractivity (Wildman–Crippen MR) is 114 cm³/mol. The first kappa shape index (κ1) is 22.2. The van der Waals surface area contributed by atoms with Crippen molar-refractivity contribution in [3.8, 4) is 11.5 Å². The second-order valence-electron chi connectivity index (χ2n) is 6.13. The first-order valence-corrected chi connectivity index (χ1v) is 9.62. The number of anilines is 1. The maximum absolute atomic E-state index is 11.9. The minimum atomic E-state index is -0.887. The number of carbonyl (C=O) groups is 2. The van der Waals surface area contributed by atoms with Crippen molar-refractivity contribution in [3.05, 3.63) is 52.5 Å². The Morgan fingerprint density at radius 2 is 1.93 bits per heavy atom. The standard InChI is InChI=1S/C21H24ClN3O4/c1-4-9-29-19-17(22)11-15(12-18(19)28-5-2)13-23-25-21(27)20(26)24-16-8-6-7-14(3)10-16/h6-8,10-13H,4-5,9H2,1-3H3,(H,24,26)(H,25,27)/b23-13-. The molecule has 7 nitrogen and oxygen atoms in total. The highest BCUT2D eigenvalue weighted by atomic mass is 35.5. The van der Waals surface area contributed by atoms with Crippen LogP contribution in [0.1, 0.15) is 31.4 Å². The summed E-state index contributed by atoms with van der Waals surface area (Å²) >= 11 is 6.28. The van der Waals surface area contributed by atoms with Gasteiger partial charge in [-0.05, 0) is 55.7 Å². The first-order chi connectivity index (χ1) is 13.9. The molecule has 0 bridgehead atoms. The lowest BCUT2D eigenvalue weighted by Gasteiger charge is -2.13. The SMILES string of the molecule is CCCOc1c(Cl)cc(/C=N\NC(=O)C(=O)Nc2cccc(C)c2)cc1OCC. The van der Waals surface area contributed by atoms with E-state index >= 15 is 0 Å². The fraction of sp³-hybridized carbons (Fsp3) is 0.286. The van der Waals surface area contributed by atoms with Gasteiger partial charge in [0.2, 0.25) is 0 Å². The van der Waals surface area contributed by atoms with Crippen molar-refractivity contribution in [2.75, 3.05) is 18.5 Å². The molecule has 0 saturated heterocycles. The van der Waals surface area contributed by atoms with Gasteiger partial charge < -0.3 is 14.8 Å². The van der Waals surface area contributed by atoms with Crippen LogP contribution >= 0.6 is 11.6 Å². The minimum absolute atomic E-state index is 0.370. The van der Waals surface area contributed by atoms with Gasteiger partial charge in [-0.2, -0.15) is 5.10 Å². The number of halogens is 1. The van der Waals surface area contributed by atoms with Crippen LogP contribution in [0.3, 0.4) is 0 Å². The molecule has 154 valence electrons. The van der Waals surface area contributed by atoms with Crippen molar-refractivity contribution in [1.29, 1.82) is 0 Å². The predicted octanol–water partition coefficient (Wildman–Crippen LogP) is 3.92. The number of nitrogens with one attached hydrogen (secondary N) is 2. The molecule has 0 unspecified atom stereocenters. The van der Waals surface area contributed by atoms with E-state index in [9.17, 15) is 9.59 Å². The summed E-state index contributed by atoms with van der Waals surface area (Å²) in [5.41, 5.74) is 4.27. The van der Waals surface area contributed by atoms with Crippen molar-refractivity contribution < 1.29 is 19.1 Å². The summed E-state index contributed by atoms with van der Waals surface area (Å²) in [5.74, 6) is -0.751. The number of hydrogen-bond acceptors (Lipinski definition) is 5. The number of nitrogens with zero attached hydrogens (tertiary/aromatic N) is 1. The third-order valence-electron chi connectivity index (χ3n) is 3.64. The molecule has 0 saturated carbocycles. The highest BCUT2D eigenvalue weighted by Gasteiger charge is 2.14. The summed E-state index contributed by atoms with van der Waals surface area (Å²) in [5, 5.41) is 6.70. The monoisotopic (exact) mass is 417 g/mol. The zero-order valence-corrected chi connectivity index (χ0v) is 17.4. The highest BCUT2D eigenvalue weighted by Crippen LogP contribution is 2.36. The molecule has 0 atom stereocenters. The van der Waals surface area contributed by atoms with Crippen LogP contribution in [0.4, 0.5) is 5.69 Å². The smallest absolute Gasteiger partial charge is 0.329 e. The topological polar surface area (TPSA) is 89.0 Å². The Hall–Kier alpha value is -3.06.